The van der Waals surface area contributed by atoms with Gasteiger partial charge >= 0.3 is 0 Å². The average Bonchev–Trinajstić information content (AvgIpc) is 2.77. The molecule has 172 valence electrons. The number of rotatable bonds is 6. The molecule has 2 aliphatic rings. The smallest absolute Gasteiger partial charge is 0.215 e. The minimum Gasteiger partial charge on any atom is -0.371 e. The van der Waals surface area contributed by atoms with Crippen LogP contribution in [0, 0.1) is 0 Å². The van der Waals surface area contributed by atoms with Gasteiger partial charge in [0.05, 0.1) is 22.7 Å². The molecule has 2 aromatic carbocycles. The first-order valence-corrected chi connectivity index (χ1v) is 12.8. The molecule has 0 aromatic heterocycles. The summed E-state index contributed by atoms with van der Waals surface area (Å²) in [5, 5.41) is 7.90. The lowest BCUT2D eigenvalue weighted by Gasteiger charge is -2.45. The number of sulfonamides is 1. The van der Waals surface area contributed by atoms with Crippen LogP contribution in [-0.2, 0) is 16.6 Å². The van der Waals surface area contributed by atoms with E-state index in [-0.39, 0.29) is 5.75 Å². The Morgan fingerprint density at radius 1 is 1.16 bits per heavy atom. The fourth-order valence-electron chi connectivity index (χ4n) is 4.20. The number of hydrogen-bond donors (Lipinski definition) is 2. The van der Waals surface area contributed by atoms with Crippen LogP contribution >= 0.6 is 11.6 Å². The number of halogens is 1. The highest BCUT2D eigenvalue weighted by Gasteiger charge is 2.44. The van der Waals surface area contributed by atoms with Crippen molar-refractivity contribution in [3.63, 3.8) is 0 Å². The third kappa shape index (κ3) is 5.09. The van der Waals surface area contributed by atoms with Gasteiger partial charge in [-0.3, -0.25) is 0 Å². The first-order chi connectivity index (χ1) is 15.3. The second-order valence-corrected chi connectivity index (χ2v) is 11.2. The van der Waals surface area contributed by atoms with Crippen LogP contribution in [0.4, 0.5) is 11.4 Å². The van der Waals surface area contributed by atoms with Crippen LogP contribution in [0.5, 0.6) is 0 Å². The molecule has 0 aliphatic carbocycles. The molecule has 0 unspecified atom stereocenters. The van der Waals surface area contributed by atoms with Crippen LogP contribution in [0.1, 0.15) is 18.4 Å². The Labute approximate surface area is 195 Å². The Balaban J connectivity index is 1.53. The van der Waals surface area contributed by atoms with Gasteiger partial charge in [-0.05, 0) is 56.8 Å². The van der Waals surface area contributed by atoms with Crippen LogP contribution in [0.25, 0.3) is 0 Å². The number of benzene rings is 2. The molecule has 2 heterocycles. The Morgan fingerprint density at radius 2 is 1.91 bits per heavy atom. The first-order valence-electron chi connectivity index (χ1n) is 10.8. The SMILES string of the molecule is CN(C)CCS(=O)(=O)N1CCC2(CC1)Nc1ccccc1N=C2NCc1cccc(Cl)c1. The van der Waals surface area contributed by atoms with E-state index in [1.54, 1.807) is 4.31 Å². The van der Waals surface area contributed by atoms with Crippen LogP contribution < -0.4 is 10.6 Å². The summed E-state index contributed by atoms with van der Waals surface area (Å²) < 4.78 is 27.2. The summed E-state index contributed by atoms with van der Waals surface area (Å²) in [6.07, 6.45) is 1.29. The molecule has 1 fully saturated rings. The maximum absolute atomic E-state index is 12.8. The molecule has 4 rings (SSSR count). The highest BCUT2D eigenvalue weighted by molar-refractivity contribution is 7.89. The standard InChI is InChI=1S/C23H30ClN5O2S/c1-28(2)14-15-32(30,31)29-12-10-23(11-13-29)22(25-17-18-6-5-7-19(24)16-18)26-20-8-3-4-9-21(20)27-23/h3-9,16,27H,10-15,17H2,1-2H3,(H,25,26). The fourth-order valence-corrected chi connectivity index (χ4v) is 6.00. The summed E-state index contributed by atoms with van der Waals surface area (Å²) in [6, 6.07) is 15.7. The van der Waals surface area contributed by atoms with Crippen molar-refractivity contribution in [3.8, 4) is 0 Å². The molecule has 1 spiro atoms. The topological polar surface area (TPSA) is 77.0 Å². The van der Waals surface area contributed by atoms with Gasteiger partial charge in [0.15, 0.2) is 0 Å². The fraction of sp³-hybridized carbons (Fsp3) is 0.435. The molecular weight excluding hydrogens is 446 g/mol. The Kier molecular flexibility index (Phi) is 6.76. The number of para-hydroxylation sites is 2. The molecule has 2 aliphatic heterocycles. The summed E-state index contributed by atoms with van der Waals surface area (Å²) in [6.45, 7) is 2.03. The maximum Gasteiger partial charge on any atom is 0.215 e. The van der Waals surface area contributed by atoms with Crippen LogP contribution in [0.15, 0.2) is 53.5 Å². The zero-order valence-electron chi connectivity index (χ0n) is 18.5. The van der Waals surface area contributed by atoms with Gasteiger partial charge in [0.1, 0.15) is 5.84 Å². The lowest BCUT2D eigenvalue weighted by atomic mass is 9.85. The summed E-state index contributed by atoms with van der Waals surface area (Å²) in [7, 11) is 0.492. The van der Waals surface area contributed by atoms with E-state index in [4.69, 9.17) is 16.6 Å². The van der Waals surface area contributed by atoms with E-state index >= 15 is 0 Å². The van der Waals surface area contributed by atoms with Gasteiger partial charge in [0.25, 0.3) is 0 Å². The normalized spacial score (nSPS) is 18.2. The molecule has 9 heteroatoms. The van der Waals surface area contributed by atoms with Gasteiger partial charge in [-0.25, -0.2) is 17.7 Å². The molecule has 0 bridgehead atoms. The van der Waals surface area contributed by atoms with Gasteiger partial charge in [-0.15, -0.1) is 0 Å². The van der Waals surface area contributed by atoms with E-state index in [9.17, 15) is 8.42 Å². The van der Waals surface area contributed by atoms with Crippen molar-refractivity contribution in [1.29, 1.82) is 0 Å². The van der Waals surface area contributed by atoms with Crippen LogP contribution in [0.3, 0.4) is 0 Å². The van der Waals surface area contributed by atoms with Gasteiger partial charge in [-0.1, -0.05) is 35.9 Å². The lowest BCUT2D eigenvalue weighted by molar-refractivity contribution is 0.295. The van der Waals surface area contributed by atoms with Crippen molar-refractivity contribution >= 4 is 38.8 Å². The predicted octanol–water partition coefficient (Wildman–Crippen LogP) is 3.31. The van der Waals surface area contributed by atoms with Gasteiger partial charge in [0.2, 0.25) is 10.0 Å². The molecule has 0 atom stereocenters. The van der Waals surface area contributed by atoms with Crippen molar-refractivity contribution in [3.05, 3.63) is 59.1 Å². The number of fused-ring (bicyclic) bond motifs is 1. The lowest BCUT2D eigenvalue weighted by Crippen LogP contribution is -2.60. The number of nitrogens with zero attached hydrogens (tertiary/aromatic N) is 3. The van der Waals surface area contributed by atoms with E-state index in [1.807, 2.05) is 67.5 Å². The molecule has 32 heavy (non-hydrogen) atoms. The zero-order chi connectivity index (χ0) is 22.8. The van der Waals surface area contributed by atoms with Gasteiger partial charge in [0, 0.05) is 31.2 Å². The molecule has 0 amide bonds. The van der Waals surface area contributed by atoms with Gasteiger partial charge < -0.3 is 15.5 Å². The molecular formula is C23H30ClN5O2S. The van der Waals surface area contributed by atoms with Crippen LogP contribution in [-0.4, -0.2) is 68.5 Å². The highest BCUT2D eigenvalue weighted by atomic mass is 35.5. The molecule has 1 saturated heterocycles. The number of aliphatic imine (C=N–C) groups is 1. The number of hydrogen-bond acceptors (Lipinski definition) is 6. The number of anilines is 1. The largest absolute Gasteiger partial charge is 0.371 e. The van der Waals surface area contributed by atoms with Gasteiger partial charge in [-0.2, -0.15) is 0 Å². The number of piperidine rings is 1. The molecule has 0 radical (unpaired) electrons. The van der Waals surface area contributed by atoms with Crippen molar-refractivity contribution in [1.82, 2.24) is 14.5 Å². The van der Waals surface area contributed by atoms with Crippen molar-refractivity contribution in [2.75, 3.05) is 44.8 Å². The Morgan fingerprint density at radius 3 is 2.62 bits per heavy atom. The van der Waals surface area contributed by atoms with E-state index in [0.29, 0.717) is 44.0 Å². The molecule has 2 aromatic rings. The van der Waals surface area contributed by atoms with Crippen LogP contribution in [0.2, 0.25) is 5.02 Å². The average molecular weight is 476 g/mol. The van der Waals surface area contributed by atoms with Crippen molar-refractivity contribution < 1.29 is 8.42 Å². The summed E-state index contributed by atoms with van der Waals surface area (Å²) >= 11 is 6.14. The first kappa shape index (κ1) is 23.0. The Hall–Kier alpha value is -2.13. The third-order valence-corrected chi connectivity index (χ3v) is 8.16. The number of nitrogens with one attached hydrogen (secondary N) is 2. The summed E-state index contributed by atoms with van der Waals surface area (Å²) in [5.41, 5.74) is 2.50. The minimum absolute atomic E-state index is 0.136. The second kappa shape index (κ2) is 9.39. The molecule has 7 nitrogen and oxygen atoms in total. The number of amidine groups is 1. The monoisotopic (exact) mass is 475 g/mol. The second-order valence-electron chi connectivity index (χ2n) is 8.69. The maximum atomic E-state index is 12.8. The van der Waals surface area contributed by atoms with E-state index in [1.165, 1.54) is 0 Å². The highest BCUT2D eigenvalue weighted by Crippen LogP contribution is 2.38. The summed E-state index contributed by atoms with van der Waals surface area (Å²) in [5.74, 6) is 0.985. The third-order valence-electron chi connectivity index (χ3n) is 6.08. The summed E-state index contributed by atoms with van der Waals surface area (Å²) in [4.78, 5) is 6.84. The van der Waals surface area contributed by atoms with Crippen molar-refractivity contribution in [2.45, 2.75) is 24.9 Å². The zero-order valence-corrected chi connectivity index (χ0v) is 20.1. The molecule has 2 N–H and O–H groups in total. The van der Waals surface area contributed by atoms with E-state index in [0.717, 1.165) is 22.8 Å². The van der Waals surface area contributed by atoms with E-state index < -0.39 is 15.6 Å². The minimum atomic E-state index is -3.28. The predicted molar refractivity (Wildman–Crippen MR) is 131 cm³/mol. The molecule has 0 saturated carbocycles. The van der Waals surface area contributed by atoms with E-state index in [2.05, 4.69) is 10.6 Å². The quantitative estimate of drug-likeness (QED) is 0.670. The Bertz CT molecular complexity index is 1100. The van der Waals surface area contributed by atoms with Crippen molar-refractivity contribution in [2.24, 2.45) is 4.99 Å².